The number of aromatic nitrogens is 2. The average Bonchev–Trinajstić information content (AvgIpc) is 2.29. The van der Waals surface area contributed by atoms with Crippen molar-refractivity contribution >= 4 is 5.97 Å². The quantitative estimate of drug-likeness (QED) is 0.875. The summed E-state index contributed by atoms with van der Waals surface area (Å²) < 4.78 is 5.38. The molecule has 2 rings (SSSR count). The highest BCUT2D eigenvalue weighted by Crippen LogP contribution is 2.18. The molecule has 1 heterocycles. The number of hydrogen-bond acceptors (Lipinski definition) is 4. The lowest BCUT2D eigenvalue weighted by atomic mass is 10.2. The third-order valence-electron chi connectivity index (χ3n) is 2.08. The monoisotopic (exact) mass is 230 g/mol. The van der Waals surface area contributed by atoms with Crippen molar-refractivity contribution in [2.45, 2.75) is 6.92 Å². The molecular weight excluding hydrogens is 220 g/mol. The van der Waals surface area contributed by atoms with E-state index in [2.05, 4.69) is 9.97 Å². The summed E-state index contributed by atoms with van der Waals surface area (Å²) in [5.74, 6) is -0.469. The Kier molecular flexibility index (Phi) is 3.00. The highest BCUT2D eigenvalue weighted by atomic mass is 16.5. The highest BCUT2D eigenvalue weighted by Gasteiger charge is 2.04. The number of aromatic carboxylic acids is 1. The van der Waals surface area contributed by atoms with E-state index in [1.165, 1.54) is 12.1 Å². The van der Waals surface area contributed by atoms with E-state index < -0.39 is 5.97 Å². The molecule has 0 amide bonds. The topological polar surface area (TPSA) is 72.3 Å². The van der Waals surface area contributed by atoms with Crippen molar-refractivity contribution in [2.75, 3.05) is 0 Å². The predicted molar refractivity (Wildman–Crippen MR) is 60.2 cm³/mol. The number of ether oxygens (including phenoxy) is 1. The van der Waals surface area contributed by atoms with Crippen molar-refractivity contribution in [1.29, 1.82) is 0 Å². The van der Waals surface area contributed by atoms with Crippen LogP contribution in [0.15, 0.2) is 36.5 Å². The van der Waals surface area contributed by atoms with Crippen LogP contribution in [0.2, 0.25) is 0 Å². The van der Waals surface area contributed by atoms with Gasteiger partial charge in [-0.3, -0.25) is 0 Å². The van der Waals surface area contributed by atoms with E-state index in [0.29, 0.717) is 5.75 Å². The highest BCUT2D eigenvalue weighted by molar-refractivity contribution is 5.87. The number of benzene rings is 1. The molecule has 5 nitrogen and oxygen atoms in total. The molecule has 5 heteroatoms. The van der Waals surface area contributed by atoms with Crippen LogP contribution in [0.3, 0.4) is 0 Å². The molecule has 0 spiro atoms. The van der Waals surface area contributed by atoms with E-state index in [4.69, 9.17) is 9.84 Å². The fourth-order valence-corrected chi connectivity index (χ4v) is 1.25. The Bertz CT molecular complexity index is 538. The van der Waals surface area contributed by atoms with Gasteiger partial charge in [0.25, 0.3) is 0 Å². The number of carboxylic acid groups (broad SMARTS) is 1. The number of aryl methyl sites for hydroxylation is 1. The van der Waals surface area contributed by atoms with Crippen LogP contribution < -0.4 is 4.74 Å². The maximum atomic E-state index is 10.6. The molecule has 0 saturated carbocycles. The lowest BCUT2D eigenvalue weighted by molar-refractivity contribution is 0.0697. The number of carboxylic acids is 1. The van der Waals surface area contributed by atoms with Gasteiger partial charge < -0.3 is 9.84 Å². The Morgan fingerprint density at radius 1 is 1.24 bits per heavy atom. The lowest BCUT2D eigenvalue weighted by Gasteiger charge is -2.03. The maximum absolute atomic E-state index is 10.6. The first-order valence-electron chi connectivity index (χ1n) is 4.96. The summed E-state index contributed by atoms with van der Waals surface area (Å²) >= 11 is 0. The summed E-state index contributed by atoms with van der Waals surface area (Å²) in [7, 11) is 0. The molecule has 1 N–H and O–H groups in total. The fraction of sp³-hybridized carbons (Fsp3) is 0.0833. The van der Waals surface area contributed by atoms with E-state index in [1.54, 1.807) is 24.4 Å². The fourth-order valence-electron chi connectivity index (χ4n) is 1.25. The Morgan fingerprint density at radius 2 is 1.94 bits per heavy atom. The molecule has 0 atom stereocenters. The van der Waals surface area contributed by atoms with Gasteiger partial charge in [0.15, 0.2) is 0 Å². The zero-order valence-corrected chi connectivity index (χ0v) is 9.12. The van der Waals surface area contributed by atoms with Crippen LogP contribution in [0.1, 0.15) is 16.1 Å². The molecule has 1 aromatic heterocycles. The lowest BCUT2D eigenvalue weighted by Crippen LogP contribution is -1.96. The van der Waals surface area contributed by atoms with Gasteiger partial charge in [0.1, 0.15) is 5.75 Å². The largest absolute Gasteiger partial charge is 0.478 e. The van der Waals surface area contributed by atoms with Gasteiger partial charge in [0, 0.05) is 11.9 Å². The second-order valence-electron chi connectivity index (χ2n) is 3.41. The normalized spacial score (nSPS) is 9.94. The van der Waals surface area contributed by atoms with Crippen molar-refractivity contribution < 1.29 is 14.6 Å². The van der Waals surface area contributed by atoms with Crippen molar-refractivity contribution in [3.8, 4) is 11.8 Å². The number of hydrogen-bond donors (Lipinski definition) is 1. The summed E-state index contributed by atoms with van der Waals surface area (Å²) in [5.41, 5.74) is 1.01. The number of carbonyl (C=O) groups is 1. The Labute approximate surface area is 97.7 Å². The molecule has 86 valence electrons. The van der Waals surface area contributed by atoms with Crippen LogP contribution in [0.4, 0.5) is 0 Å². The molecule has 0 fully saturated rings. The van der Waals surface area contributed by atoms with Crippen molar-refractivity contribution in [2.24, 2.45) is 0 Å². The van der Waals surface area contributed by atoms with Gasteiger partial charge in [-0.2, -0.15) is 0 Å². The minimum Gasteiger partial charge on any atom is -0.478 e. The van der Waals surface area contributed by atoms with E-state index in [1.807, 2.05) is 6.92 Å². The van der Waals surface area contributed by atoms with Crippen LogP contribution in [0, 0.1) is 6.92 Å². The molecule has 0 aliphatic carbocycles. The predicted octanol–water partition coefficient (Wildman–Crippen LogP) is 2.28. The molecule has 0 aliphatic heterocycles. The van der Waals surface area contributed by atoms with Crippen LogP contribution in [-0.2, 0) is 0 Å². The van der Waals surface area contributed by atoms with Crippen molar-refractivity contribution in [1.82, 2.24) is 9.97 Å². The molecule has 17 heavy (non-hydrogen) atoms. The molecule has 0 bridgehead atoms. The van der Waals surface area contributed by atoms with Gasteiger partial charge in [-0.25, -0.2) is 14.8 Å². The van der Waals surface area contributed by atoms with Gasteiger partial charge in [-0.1, -0.05) is 0 Å². The summed E-state index contributed by atoms with van der Waals surface area (Å²) in [5, 5.41) is 8.74. The minimum absolute atomic E-state index is 0.211. The SMILES string of the molecule is Cc1ccnc(Oc2ccc(C(=O)O)cc2)n1. The van der Waals surface area contributed by atoms with E-state index in [9.17, 15) is 4.79 Å². The van der Waals surface area contributed by atoms with Crippen molar-refractivity contribution in [3.05, 3.63) is 47.8 Å². The summed E-state index contributed by atoms with van der Waals surface area (Å²) in [6.07, 6.45) is 1.60. The van der Waals surface area contributed by atoms with Crippen LogP contribution in [0.5, 0.6) is 11.8 Å². The van der Waals surface area contributed by atoms with Gasteiger partial charge in [-0.05, 0) is 37.3 Å². The molecule has 1 aromatic carbocycles. The molecular formula is C12H10N2O3. The number of rotatable bonds is 3. The van der Waals surface area contributed by atoms with Crippen molar-refractivity contribution in [3.63, 3.8) is 0 Å². The third kappa shape index (κ3) is 2.78. The molecule has 0 aliphatic rings. The Balaban J connectivity index is 2.16. The van der Waals surface area contributed by atoms with E-state index in [0.717, 1.165) is 5.69 Å². The molecule has 0 unspecified atom stereocenters. The first-order chi connectivity index (χ1) is 8.15. The first kappa shape index (κ1) is 11.1. The summed E-state index contributed by atoms with van der Waals surface area (Å²) in [6, 6.07) is 8.07. The van der Waals surface area contributed by atoms with Gasteiger partial charge in [-0.15, -0.1) is 0 Å². The smallest absolute Gasteiger partial charge is 0.335 e. The standard InChI is InChI=1S/C12H10N2O3/c1-8-6-7-13-12(14-8)17-10-4-2-9(3-5-10)11(15)16/h2-7H,1H3,(H,15,16). The number of nitrogens with zero attached hydrogens (tertiary/aromatic N) is 2. The Morgan fingerprint density at radius 3 is 2.53 bits per heavy atom. The van der Waals surface area contributed by atoms with Gasteiger partial charge in [0.05, 0.1) is 5.56 Å². The first-order valence-corrected chi connectivity index (χ1v) is 4.96. The molecule has 0 saturated heterocycles. The zero-order chi connectivity index (χ0) is 12.3. The zero-order valence-electron chi connectivity index (χ0n) is 9.12. The van der Waals surface area contributed by atoms with Gasteiger partial charge >= 0.3 is 12.0 Å². The maximum Gasteiger partial charge on any atom is 0.335 e. The third-order valence-corrected chi connectivity index (χ3v) is 2.08. The van der Waals surface area contributed by atoms with Crippen LogP contribution in [0.25, 0.3) is 0 Å². The Hall–Kier alpha value is -2.43. The second kappa shape index (κ2) is 4.61. The van der Waals surface area contributed by atoms with E-state index in [-0.39, 0.29) is 11.6 Å². The summed E-state index contributed by atoms with van der Waals surface area (Å²) in [4.78, 5) is 18.7. The van der Waals surface area contributed by atoms with Crippen LogP contribution in [-0.4, -0.2) is 21.0 Å². The summed E-state index contributed by atoms with van der Waals surface area (Å²) in [6.45, 7) is 1.84. The molecule has 0 radical (unpaired) electrons. The van der Waals surface area contributed by atoms with E-state index >= 15 is 0 Å². The second-order valence-corrected chi connectivity index (χ2v) is 3.41. The minimum atomic E-state index is -0.969. The van der Waals surface area contributed by atoms with Crippen LogP contribution >= 0.6 is 0 Å². The molecule has 2 aromatic rings. The van der Waals surface area contributed by atoms with Gasteiger partial charge in [0.2, 0.25) is 0 Å². The average molecular weight is 230 g/mol.